The Balaban J connectivity index is 2.03. The van der Waals surface area contributed by atoms with Gasteiger partial charge in [0.25, 0.3) is 0 Å². The number of aromatic nitrogens is 3. The molecule has 3 N–H and O–H groups in total. The van der Waals surface area contributed by atoms with Gasteiger partial charge in [0, 0.05) is 4.88 Å². The van der Waals surface area contributed by atoms with Crippen molar-refractivity contribution in [1.29, 1.82) is 0 Å². The van der Waals surface area contributed by atoms with E-state index >= 15 is 0 Å². The van der Waals surface area contributed by atoms with Crippen LogP contribution in [0.1, 0.15) is 23.8 Å². The van der Waals surface area contributed by atoms with E-state index < -0.39 is 0 Å². The van der Waals surface area contributed by atoms with Crippen LogP contribution in [0, 0.1) is 6.92 Å². The summed E-state index contributed by atoms with van der Waals surface area (Å²) in [6.07, 6.45) is 0.892. The number of aryl methyl sites for hydroxylation is 1. The zero-order chi connectivity index (χ0) is 13.7. The Kier molecular flexibility index (Phi) is 4.51. The molecule has 0 bridgehead atoms. The molecule has 2 heterocycles. The van der Waals surface area contributed by atoms with Gasteiger partial charge in [-0.1, -0.05) is 6.92 Å². The molecule has 102 valence electrons. The molecule has 0 spiro atoms. The van der Waals surface area contributed by atoms with E-state index in [9.17, 15) is 0 Å². The lowest BCUT2D eigenvalue weighted by Crippen LogP contribution is -2.09. The summed E-state index contributed by atoms with van der Waals surface area (Å²) in [6, 6.07) is 2.35. The smallest absolute Gasteiger partial charge is 0.323 e. The molecular formula is C12H17N5OS. The predicted octanol–water partition coefficient (Wildman–Crippen LogP) is 2.22. The standard InChI is InChI=1S/C12H17N5OS/c1-3-5-18-12-16-10(13)15-11(17-12)14-7-9-8(2)4-6-19-9/h4,6H,3,5,7H2,1-2H3,(H3,13,14,15,16,17). The second kappa shape index (κ2) is 6.33. The molecule has 0 aliphatic heterocycles. The fraction of sp³-hybridized carbons (Fsp3) is 0.417. The Hall–Kier alpha value is -1.89. The number of hydrogen-bond donors (Lipinski definition) is 2. The second-order valence-corrected chi connectivity index (χ2v) is 5.03. The van der Waals surface area contributed by atoms with E-state index in [-0.39, 0.29) is 12.0 Å². The molecule has 0 atom stereocenters. The molecule has 0 amide bonds. The number of nitrogens with zero attached hydrogens (tertiary/aromatic N) is 3. The average Bonchev–Trinajstić information content (AvgIpc) is 2.79. The molecule has 0 radical (unpaired) electrons. The summed E-state index contributed by atoms with van der Waals surface area (Å²) in [7, 11) is 0. The molecule has 7 heteroatoms. The van der Waals surface area contributed by atoms with Gasteiger partial charge in [-0.15, -0.1) is 11.3 Å². The highest BCUT2D eigenvalue weighted by atomic mass is 32.1. The molecule has 0 aromatic carbocycles. The third-order valence-corrected chi connectivity index (χ3v) is 3.47. The first-order valence-electron chi connectivity index (χ1n) is 6.10. The molecule has 0 saturated carbocycles. The van der Waals surface area contributed by atoms with Gasteiger partial charge in [0.15, 0.2) is 0 Å². The number of nitrogens with one attached hydrogen (secondary N) is 1. The third kappa shape index (κ3) is 3.78. The van der Waals surface area contributed by atoms with E-state index in [1.165, 1.54) is 10.4 Å². The van der Waals surface area contributed by atoms with E-state index in [0.717, 1.165) is 6.42 Å². The van der Waals surface area contributed by atoms with Crippen LogP contribution in [0.3, 0.4) is 0 Å². The molecule has 2 rings (SSSR count). The summed E-state index contributed by atoms with van der Waals surface area (Å²) in [5.41, 5.74) is 6.88. The number of nitrogens with two attached hydrogens (primary N) is 1. The number of hydrogen-bond acceptors (Lipinski definition) is 7. The SMILES string of the molecule is CCCOc1nc(N)nc(NCc2sccc2C)n1. The van der Waals surface area contributed by atoms with Crippen LogP contribution in [0.2, 0.25) is 0 Å². The third-order valence-electron chi connectivity index (χ3n) is 2.44. The van der Waals surface area contributed by atoms with E-state index in [2.05, 4.69) is 38.6 Å². The van der Waals surface area contributed by atoms with E-state index in [4.69, 9.17) is 10.5 Å². The van der Waals surface area contributed by atoms with Crippen molar-refractivity contribution in [3.05, 3.63) is 21.9 Å². The van der Waals surface area contributed by atoms with Gasteiger partial charge in [0.2, 0.25) is 11.9 Å². The van der Waals surface area contributed by atoms with E-state index in [1.807, 2.05) is 6.92 Å². The van der Waals surface area contributed by atoms with E-state index in [1.54, 1.807) is 11.3 Å². The minimum atomic E-state index is 0.159. The number of ether oxygens (including phenoxy) is 1. The van der Waals surface area contributed by atoms with Gasteiger partial charge in [0.05, 0.1) is 13.2 Å². The summed E-state index contributed by atoms with van der Waals surface area (Å²) in [5, 5.41) is 5.19. The van der Waals surface area contributed by atoms with Crippen molar-refractivity contribution in [1.82, 2.24) is 15.0 Å². The zero-order valence-corrected chi connectivity index (χ0v) is 11.8. The van der Waals surface area contributed by atoms with Gasteiger partial charge in [-0.3, -0.25) is 0 Å². The first-order valence-corrected chi connectivity index (χ1v) is 6.98. The van der Waals surface area contributed by atoms with Crippen LogP contribution in [0.5, 0.6) is 6.01 Å². The maximum atomic E-state index is 5.63. The Bertz CT molecular complexity index is 543. The lowest BCUT2D eigenvalue weighted by atomic mass is 10.3. The summed E-state index contributed by atoms with van der Waals surface area (Å²) >= 11 is 1.69. The summed E-state index contributed by atoms with van der Waals surface area (Å²) < 4.78 is 5.36. The van der Waals surface area contributed by atoms with Crippen LogP contribution >= 0.6 is 11.3 Å². The lowest BCUT2D eigenvalue weighted by molar-refractivity contribution is 0.292. The second-order valence-electron chi connectivity index (χ2n) is 4.03. The topological polar surface area (TPSA) is 86.0 Å². The molecule has 2 aromatic heterocycles. The van der Waals surface area contributed by atoms with Crippen LogP contribution < -0.4 is 15.8 Å². The highest BCUT2D eigenvalue weighted by Crippen LogP contribution is 2.17. The molecule has 19 heavy (non-hydrogen) atoms. The van der Waals surface area contributed by atoms with Crippen molar-refractivity contribution >= 4 is 23.2 Å². The fourth-order valence-corrected chi connectivity index (χ4v) is 2.30. The molecule has 2 aromatic rings. The largest absolute Gasteiger partial charge is 0.463 e. The number of thiophene rings is 1. The molecule has 0 fully saturated rings. The quantitative estimate of drug-likeness (QED) is 0.843. The molecule has 0 aliphatic carbocycles. The molecule has 6 nitrogen and oxygen atoms in total. The average molecular weight is 279 g/mol. The van der Waals surface area contributed by atoms with Gasteiger partial charge in [-0.05, 0) is 30.4 Å². The zero-order valence-electron chi connectivity index (χ0n) is 11.0. The van der Waals surface area contributed by atoms with Crippen LogP contribution in [0.4, 0.5) is 11.9 Å². The Labute approximate surface area is 116 Å². The maximum absolute atomic E-state index is 5.63. The van der Waals surface area contributed by atoms with Crippen LogP contribution in [-0.2, 0) is 6.54 Å². The first kappa shape index (κ1) is 13.5. The van der Waals surface area contributed by atoms with Crippen LogP contribution in [0.25, 0.3) is 0 Å². The predicted molar refractivity (Wildman–Crippen MR) is 76.4 cm³/mol. The van der Waals surface area contributed by atoms with E-state index in [0.29, 0.717) is 19.1 Å². The van der Waals surface area contributed by atoms with Gasteiger partial charge in [-0.2, -0.15) is 15.0 Å². The van der Waals surface area contributed by atoms with Crippen LogP contribution in [-0.4, -0.2) is 21.6 Å². The molecule has 0 unspecified atom stereocenters. The minimum Gasteiger partial charge on any atom is -0.463 e. The molecule has 0 aliphatic rings. The van der Waals surface area contributed by atoms with Gasteiger partial charge in [-0.25, -0.2) is 0 Å². The molecule has 0 saturated heterocycles. The Morgan fingerprint density at radius 3 is 2.89 bits per heavy atom. The maximum Gasteiger partial charge on any atom is 0.323 e. The number of anilines is 2. The lowest BCUT2D eigenvalue weighted by Gasteiger charge is -2.07. The summed E-state index contributed by atoms with van der Waals surface area (Å²) in [4.78, 5) is 13.4. The van der Waals surface area contributed by atoms with Crippen molar-refractivity contribution in [3.63, 3.8) is 0 Å². The van der Waals surface area contributed by atoms with Crippen LogP contribution in [0.15, 0.2) is 11.4 Å². The summed E-state index contributed by atoms with van der Waals surface area (Å²) in [6.45, 7) is 5.32. The fourth-order valence-electron chi connectivity index (χ4n) is 1.45. The van der Waals surface area contributed by atoms with Crippen molar-refractivity contribution in [2.75, 3.05) is 17.7 Å². The number of rotatable bonds is 6. The first-order chi connectivity index (χ1) is 9.19. The highest BCUT2D eigenvalue weighted by molar-refractivity contribution is 7.10. The Morgan fingerprint density at radius 2 is 2.21 bits per heavy atom. The van der Waals surface area contributed by atoms with Gasteiger partial charge >= 0.3 is 6.01 Å². The molecular weight excluding hydrogens is 262 g/mol. The highest BCUT2D eigenvalue weighted by Gasteiger charge is 2.06. The van der Waals surface area contributed by atoms with Gasteiger partial charge in [0.1, 0.15) is 0 Å². The minimum absolute atomic E-state index is 0.159. The Morgan fingerprint density at radius 1 is 1.37 bits per heavy atom. The van der Waals surface area contributed by atoms with Crippen molar-refractivity contribution < 1.29 is 4.74 Å². The number of nitrogen functional groups attached to an aromatic ring is 1. The monoisotopic (exact) mass is 279 g/mol. The van der Waals surface area contributed by atoms with Gasteiger partial charge < -0.3 is 15.8 Å². The summed E-state index contributed by atoms with van der Waals surface area (Å²) in [5.74, 6) is 0.595. The van der Waals surface area contributed by atoms with Crippen molar-refractivity contribution in [2.45, 2.75) is 26.8 Å². The normalized spacial score (nSPS) is 10.4. The van der Waals surface area contributed by atoms with Crippen molar-refractivity contribution in [2.24, 2.45) is 0 Å². The van der Waals surface area contributed by atoms with Crippen molar-refractivity contribution in [3.8, 4) is 6.01 Å².